The zero-order valence-corrected chi connectivity index (χ0v) is 13.8. The van der Waals surface area contributed by atoms with Gasteiger partial charge in [0.1, 0.15) is 0 Å². The van der Waals surface area contributed by atoms with Crippen LogP contribution in [0, 0.1) is 0 Å². The molecule has 1 heterocycles. The molecule has 1 aromatic rings. The maximum absolute atomic E-state index is 6.06. The van der Waals surface area contributed by atoms with Crippen LogP contribution in [0.2, 0.25) is 5.02 Å². The van der Waals surface area contributed by atoms with E-state index in [2.05, 4.69) is 27.5 Å². The molecule has 0 aliphatic rings. The Hall–Kier alpha value is -1.40. The summed E-state index contributed by atoms with van der Waals surface area (Å²) in [6.45, 7) is 3.63. The molecule has 0 aromatic carbocycles. The summed E-state index contributed by atoms with van der Waals surface area (Å²) in [5, 5.41) is 6.96. The average molecular weight is 328 g/mol. The molecule has 0 atom stereocenters. The largest absolute Gasteiger partial charge is 0.376 e. The van der Waals surface area contributed by atoms with E-state index in [0.29, 0.717) is 17.5 Å². The Kier molecular flexibility index (Phi) is 8.69. The molecule has 0 spiro atoms. The number of aliphatic imine (C=N–C) groups is 1. The molecule has 0 amide bonds. The molecule has 0 aliphatic heterocycles. The van der Waals surface area contributed by atoms with Gasteiger partial charge in [-0.2, -0.15) is 0 Å². The second kappa shape index (κ2) is 10.3. The van der Waals surface area contributed by atoms with Gasteiger partial charge < -0.3 is 16.4 Å². The van der Waals surface area contributed by atoms with Crippen LogP contribution >= 0.6 is 23.8 Å². The Morgan fingerprint density at radius 3 is 2.95 bits per heavy atom. The first-order valence-electron chi connectivity index (χ1n) is 7.07. The second-order valence-electron chi connectivity index (χ2n) is 4.54. The van der Waals surface area contributed by atoms with Crippen LogP contribution in [0.15, 0.2) is 23.3 Å². The number of unbranched alkanes of at least 4 members (excludes halogenated alkanes) is 1. The minimum atomic E-state index is 0.213. The summed E-state index contributed by atoms with van der Waals surface area (Å²) in [5.74, 6) is 0.628. The van der Waals surface area contributed by atoms with Crippen molar-refractivity contribution in [2.45, 2.75) is 32.6 Å². The standard InChI is InChI=1S/C14H22ClN5S/c1-2-3-8-18-14(20-13(16)21)19-10-5-7-12-11(15)6-4-9-17-12/h4,6,9H,2-3,5,7-8,10H2,1H3,(H4,16,18,19,20,21). The Balaban J connectivity index is 2.42. The molecule has 4 N–H and O–H groups in total. The molecule has 0 unspecified atom stereocenters. The average Bonchev–Trinajstić information content (AvgIpc) is 2.44. The summed E-state index contributed by atoms with van der Waals surface area (Å²) in [4.78, 5) is 8.69. The van der Waals surface area contributed by atoms with Crippen molar-refractivity contribution in [3.8, 4) is 0 Å². The Morgan fingerprint density at radius 1 is 1.48 bits per heavy atom. The molecule has 21 heavy (non-hydrogen) atoms. The quantitative estimate of drug-likeness (QED) is 0.310. The van der Waals surface area contributed by atoms with E-state index >= 15 is 0 Å². The molecule has 0 saturated heterocycles. The second-order valence-corrected chi connectivity index (χ2v) is 5.38. The normalized spacial score (nSPS) is 11.2. The van der Waals surface area contributed by atoms with Gasteiger partial charge in [-0.05, 0) is 43.6 Å². The maximum Gasteiger partial charge on any atom is 0.197 e. The summed E-state index contributed by atoms with van der Waals surface area (Å²) in [6, 6.07) is 3.67. The van der Waals surface area contributed by atoms with E-state index in [1.165, 1.54) is 0 Å². The van der Waals surface area contributed by atoms with Crippen LogP contribution in [-0.2, 0) is 6.42 Å². The number of nitrogens with zero attached hydrogens (tertiary/aromatic N) is 2. The third kappa shape index (κ3) is 7.82. The summed E-state index contributed by atoms with van der Waals surface area (Å²) in [5.41, 5.74) is 6.38. The SMILES string of the molecule is CCCCNC(=NCCCc1ncccc1Cl)NC(N)=S. The molecule has 116 valence electrons. The van der Waals surface area contributed by atoms with Gasteiger partial charge in [0, 0.05) is 19.3 Å². The highest BCUT2D eigenvalue weighted by Gasteiger charge is 2.01. The molecule has 0 radical (unpaired) electrons. The lowest BCUT2D eigenvalue weighted by Gasteiger charge is -2.10. The lowest BCUT2D eigenvalue weighted by Crippen LogP contribution is -2.44. The van der Waals surface area contributed by atoms with E-state index in [0.717, 1.165) is 37.9 Å². The first-order chi connectivity index (χ1) is 10.1. The number of aromatic nitrogens is 1. The molecule has 5 nitrogen and oxygen atoms in total. The van der Waals surface area contributed by atoms with Crippen LogP contribution in [0.3, 0.4) is 0 Å². The first-order valence-corrected chi connectivity index (χ1v) is 7.86. The lowest BCUT2D eigenvalue weighted by atomic mass is 10.2. The zero-order valence-electron chi connectivity index (χ0n) is 12.2. The minimum absolute atomic E-state index is 0.213. The Morgan fingerprint density at radius 2 is 2.29 bits per heavy atom. The monoisotopic (exact) mass is 327 g/mol. The van der Waals surface area contributed by atoms with Crippen molar-refractivity contribution in [1.82, 2.24) is 15.6 Å². The fraction of sp³-hybridized carbons (Fsp3) is 0.500. The predicted octanol–water partition coefficient (Wildman–Crippen LogP) is 2.25. The highest BCUT2D eigenvalue weighted by Crippen LogP contribution is 2.13. The molecule has 7 heteroatoms. The summed E-state index contributed by atoms with van der Waals surface area (Å²) in [6.07, 6.45) is 5.58. The van der Waals surface area contributed by atoms with Crippen molar-refractivity contribution in [3.05, 3.63) is 29.0 Å². The Labute approximate surface area is 136 Å². The van der Waals surface area contributed by atoms with E-state index in [1.807, 2.05) is 12.1 Å². The van der Waals surface area contributed by atoms with Crippen molar-refractivity contribution in [2.75, 3.05) is 13.1 Å². The number of thiocarbonyl (C=S) groups is 1. The third-order valence-corrected chi connectivity index (χ3v) is 3.19. The van der Waals surface area contributed by atoms with Gasteiger partial charge in [-0.1, -0.05) is 24.9 Å². The van der Waals surface area contributed by atoms with Crippen LogP contribution < -0.4 is 16.4 Å². The van der Waals surface area contributed by atoms with Crippen molar-refractivity contribution in [2.24, 2.45) is 10.7 Å². The number of nitrogens with one attached hydrogen (secondary N) is 2. The topological polar surface area (TPSA) is 75.3 Å². The zero-order chi connectivity index (χ0) is 15.5. The van der Waals surface area contributed by atoms with Gasteiger partial charge in [-0.3, -0.25) is 9.98 Å². The van der Waals surface area contributed by atoms with Gasteiger partial charge in [0.2, 0.25) is 0 Å². The van der Waals surface area contributed by atoms with Crippen LogP contribution in [-0.4, -0.2) is 29.1 Å². The lowest BCUT2D eigenvalue weighted by molar-refractivity contribution is 0.737. The van der Waals surface area contributed by atoms with Crippen LogP contribution in [0.1, 0.15) is 31.9 Å². The van der Waals surface area contributed by atoms with Crippen molar-refractivity contribution in [1.29, 1.82) is 0 Å². The fourth-order valence-electron chi connectivity index (χ4n) is 1.68. The van der Waals surface area contributed by atoms with Gasteiger partial charge in [-0.15, -0.1) is 0 Å². The number of halogens is 1. The number of aryl methyl sites for hydroxylation is 1. The van der Waals surface area contributed by atoms with Gasteiger partial charge in [0.25, 0.3) is 0 Å². The van der Waals surface area contributed by atoms with E-state index in [-0.39, 0.29) is 5.11 Å². The van der Waals surface area contributed by atoms with Crippen LogP contribution in [0.4, 0.5) is 0 Å². The number of rotatable bonds is 7. The number of hydrogen-bond acceptors (Lipinski definition) is 3. The van der Waals surface area contributed by atoms with E-state index in [9.17, 15) is 0 Å². The van der Waals surface area contributed by atoms with Gasteiger partial charge >= 0.3 is 0 Å². The van der Waals surface area contributed by atoms with Crippen molar-refractivity contribution in [3.63, 3.8) is 0 Å². The van der Waals surface area contributed by atoms with Gasteiger partial charge in [-0.25, -0.2) is 0 Å². The fourth-order valence-corrected chi connectivity index (χ4v) is 1.99. The van der Waals surface area contributed by atoms with Gasteiger partial charge in [0.15, 0.2) is 11.1 Å². The summed E-state index contributed by atoms with van der Waals surface area (Å²) < 4.78 is 0. The molecule has 0 bridgehead atoms. The molecule has 0 saturated carbocycles. The van der Waals surface area contributed by atoms with E-state index in [1.54, 1.807) is 6.20 Å². The number of guanidine groups is 1. The third-order valence-electron chi connectivity index (χ3n) is 2.74. The molecule has 0 aliphatic carbocycles. The van der Waals surface area contributed by atoms with E-state index < -0.39 is 0 Å². The molecule has 1 aromatic heterocycles. The van der Waals surface area contributed by atoms with E-state index in [4.69, 9.17) is 29.6 Å². The maximum atomic E-state index is 6.06. The minimum Gasteiger partial charge on any atom is -0.376 e. The predicted molar refractivity (Wildman–Crippen MR) is 92.7 cm³/mol. The van der Waals surface area contributed by atoms with Crippen LogP contribution in [0.5, 0.6) is 0 Å². The highest BCUT2D eigenvalue weighted by atomic mass is 35.5. The molecule has 1 rings (SSSR count). The molecular weight excluding hydrogens is 306 g/mol. The molecular formula is C14H22ClN5S. The number of hydrogen-bond donors (Lipinski definition) is 3. The van der Waals surface area contributed by atoms with Crippen LogP contribution in [0.25, 0.3) is 0 Å². The van der Waals surface area contributed by atoms with Crippen molar-refractivity contribution >= 4 is 34.9 Å². The first kappa shape index (κ1) is 17.7. The number of pyridine rings is 1. The highest BCUT2D eigenvalue weighted by molar-refractivity contribution is 7.80. The Bertz CT molecular complexity index is 478. The summed E-state index contributed by atoms with van der Waals surface area (Å²) in [7, 11) is 0. The summed E-state index contributed by atoms with van der Waals surface area (Å²) >= 11 is 10.9. The van der Waals surface area contributed by atoms with Crippen molar-refractivity contribution < 1.29 is 0 Å². The smallest absolute Gasteiger partial charge is 0.197 e. The number of nitrogens with two attached hydrogens (primary N) is 1. The molecule has 0 fully saturated rings. The van der Waals surface area contributed by atoms with Gasteiger partial charge in [0.05, 0.1) is 10.7 Å².